The van der Waals surface area contributed by atoms with Gasteiger partial charge in [0.2, 0.25) is 5.88 Å². The lowest BCUT2D eigenvalue weighted by atomic mass is 10.1. The fraction of sp³-hybridized carbons (Fsp3) is 0.333. The highest BCUT2D eigenvalue weighted by atomic mass is 16.5. The Kier molecular flexibility index (Phi) is 3.62. The minimum absolute atomic E-state index is 0.0846. The van der Waals surface area contributed by atoms with Crippen molar-refractivity contribution in [3.05, 3.63) is 42.5 Å². The van der Waals surface area contributed by atoms with Crippen molar-refractivity contribution in [2.24, 2.45) is 12.8 Å². The fourth-order valence-corrected chi connectivity index (χ4v) is 2.25. The lowest BCUT2D eigenvalue weighted by molar-refractivity contribution is 0.454. The summed E-state index contributed by atoms with van der Waals surface area (Å²) in [6, 6.07) is 5.97. The SMILES string of the molecule is CCC(N)Cc1c(Oc2cnn(C)c2)nc2ccccn12. The van der Waals surface area contributed by atoms with Gasteiger partial charge in [0.25, 0.3) is 0 Å². The molecule has 110 valence electrons. The lowest BCUT2D eigenvalue weighted by Crippen LogP contribution is -2.22. The molecule has 3 aromatic heterocycles. The molecule has 3 rings (SSSR count). The van der Waals surface area contributed by atoms with Crippen LogP contribution in [0.5, 0.6) is 11.6 Å². The summed E-state index contributed by atoms with van der Waals surface area (Å²) in [5.74, 6) is 1.27. The monoisotopic (exact) mass is 285 g/mol. The van der Waals surface area contributed by atoms with Crippen LogP contribution in [0.4, 0.5) is 0 Å². The van der Waals surface area contributed by atoms with Crippen LogP contribution in [0.25, 0.3) is 5.65 Å². The first-order valence-corrected chi connectivity index (χ1v) is 7.05. The molecule has 3 aromatic rings. The molecule has 0 spiro atoms. The zero-order valence-corrected chi connectivity index (χ0v) is 12.2. The van der Waals surface area contributed by atoms with Crippen molar-refractivity contribution < 1.29 is 4.74 Å². The highest BCUT2D eigenvalue weighted by Gasteiger charge is 2.16. The molecule has 0 fully saturated rings. The summed E-state index contributed by atoms with van der Waals surface area (Å²) in [5.41, 5.74) is 7.95. The van der Waals surface area contributed by atoms with Crippen LogP contribution >= 0.6 is 0 Å². The quantitative estimate of drug-likeness (QED) is 0.779. The molecule has 0 saturated heterocycles. The van der Waals surface area contributed by atoms with E-state index < -0.39 is 0 Å². The van der Waals surface area contributed by atoms with Crippen LogP contribution in [0, 0.1) is 0 Å². The van der Waals surface area contributed by atoms with Crippen molar-refractivity contribution >= 4 is 5.65 Å². The van der Waals surface area contributed by atoms with Crippen LogP contribution in [-0.4, -0.2) is 25.2 Å². The topological polar surface area (TPSA) is 70.4 Å². The van der Waals surface area contributed by atoms with Crippen molar-refractivity contribution in [3.63, 3.8) is 0 Å². The average molecular weight is 285 g/mol. The molecule has 0 aliphatic carbocycles. The Morgan fingerprint density at radius 1 is 1.38 bits per heavy atom. The predicted octanol–water partition coefficient (Wildman–Crippen LogP) is 2.14. The summed E-state index contributed by atoms with van der Waals surface area (Å²) in [6.45, 7) is 2.08. The van der Waals surface area contributed by atoms with Crippen LogP contribution < -0.4 is 10.5 Å². The van der Waals surface area contributed by atoms with Crippen molar-refractivity contribution in [1.82, 2.24) is 19.2 Å². The highest BCUT2D eigenvalue weighted by Crippen LogP contribution is 2.26. The van der Waals surface area contributed by atoms with Gasteiger partial charge >= 0.3 is 0 Å². The van der Waals surface area contributed by atoms with E-state index in [9.17, 15) is 0 Å². The van der Waals surface area contributed by atoms with Gasteiger partial charge < -0.3 is 14.9 Å². The summed E-state index contributed by atoms with van der Waals surface area (Å²) in [4.78, 5) is 4.55. The molecular formula is C15H19N5O. The molecule has 0 aliphatic rings. The van der Waals surface area contributed by atoms with Crippen LogP contribution in [0.15, 0.2) is 36.8 Å². The molecule has 21 heavy (non-hydrogen) atoms. The number of hydrogen-bond donors (Lipinski definition) is 1. The minimum Gasteiger partial charge on any atom is -0.434 e. The van der Waals surface area contributed by atoms with Gasteiger partial charge in [0.05, 0.1) is 18.1 Å². The molecule has 0 saturated carbocycles. The zero-order valence-electron chi connectivity index (χ0n) is 12.2. The first-order chi connectivity index (χ1) is 10.2. The largest absolute Gasteiger partial charge is 0.434 e. The zero-order chi connectivity index (χ0) is 14.8. The normalized spacial score (nSPS) is 12.7. The maximum Gasteiger partial charge on any atom is 0.241 e. The average Bonchev–Trinajstić information content (AvgIpc) is 3.04. The first kappa shape index (κ1) is 13.6. The van der Waals surface area contributed by atoms with E-state index in [-0.39, 0.29) is 6.04 Å². The summed E-state index contributed by atoms with van der Waals surface area (Å²) in [6.07, 6.45) is 7.10. The van der Waals surface area contributed by atoms with E-state index >= 15 is 0 Å². The second-order valence-corrected chi connectivity index (χ2v) is 5.12. The van der Waals surface area contributed by atoms with Crippen LogP contribution in [0.2, 0.25) is 0 Å². The minimum atomic E-state index is 0.0846. The van der Waals surface area contributed by atoms with Crippen molar-refractivity contribution in [3.8, 4) is 11.6 Å². The molecule has 2 N–H and O–H groups in total. The second-order valence-electron chi connectivity index (χ2n) is 5.12. The smallest absolute Gasteiger partial charge is 0.241 e. The standard InChI is InChI=1S/C15H19N5O/c1-3-11(16)8-13-15(21-12-9-17-19(2)10-12)18-14-6-4-5-7-20(13)14/h4-7,9-11H,3,8,16H2,1-2H3. The number of ether oxygens (including phenoxy) is 1. The van der Waals surface area contributed by atoms with Gasteiger partial charge in [-0.2, -0.15) is 10.1 Å². The van der Waals surface area contributed by atoms with Crippen molar-refractivity contribution in [2.45, 2.75) is 25.8 Å². The van der Waals surface area contributed by atoms with Gasteiger partial charge in [-0.15, -0.1) is 0 Å². The van der Waals surface area contributed by atoms with E-state index in [4.69, 9.17) is 10.5 Å². The second kappa shape index (κ2) is 5.57. The van der Waals surface area contributed by atoms with E-state index in [0.29, 0.717) is 11.6 Å². The molecule has 6 nitrogen and oxygen atoms in total. The van der Waals surface area contributed by atoms with Crippen LogP contribution in [-0.2, 0) is 13.5 Å². The number of nitrogens with zero attached hydrogens (tertiary/aromatic N) is 4. The third kappa shape index (κ3) is 2.75. The van der Waals surface area contributed by atoms with E-state index in [1.807, 2.05) is 42.0 Å². The van der Waals surface area contributed by atoms with Gasteiger partial charge in [-0.05, 0) is 18.6 Å². The van der Waals surface area contributed by atoms with Gasteiger partial charge in [-0.1, -0.05) is 13.0 Å². The molecule has 3 heterocycles. The number of imidazole rings is 1. The highest BCUT2D eigenvalue weighted by molar-refractivity contribution is 5.46. The lowest BCUT2D eigenvalue weighted by Gasteiger charge is -2.10. The van der Waals surface area contributed by atoms with Gasteiger partial charge in [0.1, 0.15) is 5.65 Å². The van der Waals surface area contributed by atoms with Crippen LogP contribution in [0.3, 0.4) is 0 Å². The summed E-state index contributed by atoms with van der Waals surface area (Å²) >= 11 is 0. The maximum absolute atomic E-state index is 6.11. The van der Waals surface area contributed by atoms with Gasteiger partial charge in [0, 0.05) is 25.7 Å². The molecule has 1 unspecified atom stereocenters. The molecule has 6 heteroatoms. The molecule has 0 aromatic carbocycles. The van der Waals surface area contributed by atoms with Crippen molar-refractivity contribution in [2.75, 3.05) is 0 Å². The number of rotatable bonds is 5. The third-order valence-corrected chi connectivity index (χ3v) is 3.47. The summed E-state index contributed by atoms with van der Waals surface area (Å²) in [7, 11) is 1.85. The Bertz CT molecular complexity index is 745. The molecule has 0 amide bonds. The predicted molar refractivity (Wildman–Crippen MR) is 80.4 cm³/mol. The Hall–Kier alpha value is -2.34. The molecule has 0 aliphatic heterocycles. The number of aromatic nitrogens is 4. The number of aryl methyl sites for hydroxylation is 1. The Morgan fingerprint density at radius 3 is 2.95 bits per heavy atom. The van der Waals surface area contributed by atoms with E-state index in [1.54, 1.807) is 10.9 Å². The van der Waals surface area contributed by atoms with Crippen LogP contribution in [0.1, 0.15) is 19.0 Å². The maximum atomic E-state index is 6.11. The Morgan fingerprint density at radius 2 is 2.24 bits per heavy atom. The van der Waals surface area contributed by atoms with Gasteiger partial charge in [-0.25, -0.2) is 0 Å². The number of fused-ring (bicyclic) bond motifs is 1. The van der Waals surface area contributed by atoms with Gasteiger partial charge in [-0.3, -0.25) is 4.68 Å². The fourth-order valence-electron chi connectivity index (χ4n) is 2.25. The Balaban J connectivity index is 2.01. The Labute approximate surface area is 123 Å². The van der Waals surface area contributed by atoms with E-state index in [0.717, 1.165) is 24.2 Å². The molecular weight excluding hydrogens is 266 g/mol. The summed E-state index contributed by atoms with van der Waals surface area (Å²) in [5, 5.41) is 4.11. The van der Waals surface area contributed by atoms with E-state index in [2.05, 4.69) is 17.0 Å². The summed E-state index contributed by atoms with van der Waals surface area (Å²) < 4.78 is 9.62. The first-order valence-electron chi connectivity index (χ1n) is 7.05. The number of pyridine rings is 1. The molecule has 0 bridgehead atoms. The van der Waals surface area contributed by atoms with Gasteiger partial charge in [0.15, 0.2) is 5.75 Å². The van der Waals surface area contributed by atoms with Crippen molar-refractivity contribution in [1.29, 1.82) is 0 Å². The van der Waals surface area contributed by atoms with E-state index in [1.165, 1.54) is 0 Å². The number of hydrogen-bond acceptors (Lipinski definition) is 4. The number of nitrogens with two attached hydrogens (primary N) is 1. The third-order valence-electron chi connectivity index (χ3n) is 3.47. The molecule has 1 atom stereocenters. The molecule has 0 radical (unpaired) electrons.